The average molecular weight is 268 g/mol. The molecule has 0 unspecified atom stereocenters. The Morgan fingerprint density at radius 2 is 1.95 bits per heavy atom. The summed E-state index contributed by atoms with van der Waals surface area (Å²) in [7, 11) is 0. The van der Waals surface area contributed by atoms with Crippen LogP contribution in [0.25, 0.3) is 22.1 Å². The highest BCUT2D eigenvalue weighted by atomic mass is 16.4. The van der Waals surface area contributed by atoms with Crippen LogP contribution >= 0.6 is 0 Å². The van der Waals surface area contributed by atoms with Gasteiger partial charge in [0, 0.05) is 5.56 Å². The van der Waals surface area contributed by atoms with Crippen molar-refractivity contribution < 1.29 is 14.3 Å². The molecule has 0 N–H and O–H groups in total. The summed E-state index contributed by atoms with van der Waals surface area (Å²) in [5.41, 5.74) is 1.35. The van der Waals surface area contributed by atoms with E-state index in [9.17, 15) is 14.7 Å². The van der Waals surface area contributed by atoms with Crippen LogP contribution in [0.5, 0.6) is 0 Å². The lowest BCUT2D eigenvalue weighted by Crippen LogP contribution is -2.24. The summed E-state index contributed by atoms with van der Waals surface area (Å²) >= 11 is 0. The Hall–Kier alpha value is -2.69. The minimum atomic E-state index is -1.36. The second-order valence-electron chi connectivity index (χ2n) is 4.69. The van der Waals surface area contributed by atoms with E-state index in [0.29, 0.717) is 11.0 Å². The first-order chi connectivity index (χ1) is 9.47. The number of aromatic nitrogens is 1. The highest BCUT2D eigenvalue weighted by Crippen LogP contribution is 2.20. The van der Waals surface area contributed by atoms with Crippen molar-refractivity contribution in [1.82, 2.24) is 4.98 Å². The van der Waals surface area contributed by atoms with Gasteiger partial charge in [-0.25, -0.2) is 4.98 Å². The third-order valence-corrected chi connectivity index (χ3v) is 3.23. The van der Waals surface area contributed by atoms with E-state index >= 15 is 0 Å². The number of hydrogen-bond acceptors (Lipinski definition) is 5. The Kier molecular flexibility index (Phi) is 2.57. The number of pyridine rings is 1. The first-order valence-electron chi connectivity index (χ1n) is 6.03. The fraction of sp³-hybridized carbons (Fsp3) is 0.133. The van der Waals surface area contributed by atoms with Gasteiger partial charge in [-0.2, -0.15) is 0 Å². The number of fused-ring (bicyclic) bond motifs is 2. The van der Waals surface area contributed by atoms with Crippen LogP contribution < -0.4 is 10.5 Å². The molecule has 1 aromatic carbocycles. The lowest BCUT2D eigenvalue weighted by Gasteiger charge is -2.08. The van der Waals surface area contributed by atoms with Crippen LogP contribution in [0.2, 0.25) is 0 Å². The number of benzene rings is 1. The molecule has 0 spiro atoms. The highest BCUT2D eigenvalue weighted by molar-refractivity contribution is 5.94. The van der Waals surface area contributed by atoms with Gasteiger partial charge in [0.1, 0.15) is 5.58 Å². The zero-order chi connectivity index (χ0) is 14.4. The molecule has 2 aromatic heterocycles. The van der Waals surface area contributed by atoms with Gasteiger partial charge in [-0.3, -0.25) is 4.79 Å². The van der Waals surface area contributed by atoms with Crippen molar-refractivity contribution in [2.75, 3.05) is 0 Å². The van der Waals surface area contributed by atoms with E-state index in [1.807, 2.05) is 13.0 Å². The summed E-state index contributed by atoms with van der Waals surface area (Å²) in [4.78, 5) is 27.5. The van der Waals surface area contributed by atoms with Crippen LogP contribution in [-0.2, 0) is 0 Å². The minimum absolute atomic E-state index is 0.100. The van der Waals surface area contributed by atoms with Crippen molar-refractivity contribution in [3.63, 3.8) is 0 Å². The first-order valence-corrected chi connectivity index (χ1v) is 6.03. The van der Waals surface area contributed by atoms with E-state index in [2.05, 4.69) is 4.98 Å². The van der Waals surface area contributed by atoms with E-state index in [4.69, 9.17) is 4.42 Å². The van der Waals surface area contributed by atoms with Crippen molar-refractivity contribution in [3.8, 4) is 0 Å². The largest absolute Gasteiger partial charge is 0.545 e. The summed E-state index contributed by atoms with van der Waals surface area (Å²) in [6, 6.07) is 6.51. The van der Waals surface area contributed by atoms with Gasteiger partial charge in [0.25, 0.3) is 0 Å². The molecule has 5 nitrogen and oxygen atoms in total. The van der Waals surface area contributed by atoms with Gasteiger partial charge in [0.05, 0.1) is 22.4 Å². The van der Waals surface area contributed by atoms with Crippen molar-refractivity contribution in [2.45, 2.75) is 13.8 Å². The number of aromatic carboxylic acids is 1. The van der Waals surface area contributed by atoms with Gasteiger partial charge < -0.3 is 14.3 Å². The molecule has 0 aliphatic heterocycles. The number of aryl methyl sites for hydroxylation is 2. The molecule has 0 saturated heterocycles. The summed E-state index contributed by atoms with van der Waals surface area (Å²) < 4.78 is 5.57. The molecule has 0 fully saturated rings. The van der Waals surface area contributed by atoms with Crippen molar-refractivity contribution >= 4 is 28.0 Å². The maximum atomic E-state index is 12.4. The third kappa shape index (κ3) is 1.75. The number of nitrogens with zero attached hydrogens (tertiary/aromatic N) is 1. The van der Waals surface area contributed by atoms with Crippen LogP contribution in [0, 0.1) is 13.8 Å². The monoisotopic (exact) mass is 268 g/mol. The fourth-order valence-corrected chi connectivity index (χ4v) is 2.19. The zero-order valence-corrected chi connectivity index (χ0v) is 10.9. The fourth-order valence-electron chi connectivity index (χ4n) is 2.19. The summed E-state index contributed by atoms with van der Waals surface area (Å²) in [6.45, 7) is 3.40. The van der Waals surface area contributed by atoms with E-state index in [1.54, 1.807) is 12.1 Å². The molecule has 0 saturated carbocycles. The number of carboxylic acids is 1. The van der Waals surface area contributed by atoms with Crippen molar-refractivity contribution in [2.24, 2.45) is 0 Å². The van der Waals surface area contributed by atoms with Gasteiger partial charge in [0.15, 0.2) is 0 Å². The highest BCUT2D eigenvalue weighted by Gasteiger charge is 2.12. The molecule has 3 aromatic rings. The Morgan fingerprint density at radius 1 is 1.20 bits per heavy atom. The summed E-state index contributed by atoms with van der Waals surface area (Å²) in [6.07, 6.45) is 0. The minimum Gasteiger partial charge on any atom is -0.545 e. The molecular formula is C15H10NO4-. The topological polar surface area (TPSA) is 83.2 Å². The van der Waals surface area contributed by atoms with Crippen LogP contribution in [0.3, 0.4) is 0 Å². The predicted molar refractivity (Wildman–Crippen MR) is 71.6 cm³/mol. The lowest BCUT2D eigenvalue weighted by molar-refractivity contribution is -0.255. The van der Waals surface area contributed by atoms with Gasteiger partial charge in [-0.05, 0) is 32.0 Å². The van der Waals surface area contributed by atoms with E-state index in [-0.39, 0.29) is 27.8 Å². The zero-order valence-electron chi connectivity index (χ0n) is 10.9. The standard InChI is InChI=1S/C15H11NO4/c1-7-3-4-12-10(5-7)13(17)11-6-9(15(18)19)8(2)16-14(11)20-12/h3-6H,1-2H3,(H,18,19)/p-1. The van der Waals surface area contributed by atoms with Crippen molar-refractivity contribution in [1.29, 1.82) is 0 Å². The van der Waals surface area contributed by atoms with E-state index in [1.165, 1.54) is 13.0 Å². The number of carbonyl (C=O) groups excluding carboxylic acids is 1. The molecule has 0 radical (unpaired) electrons. The van der Waals surface area contributed by atoms with Gasteiger partial charge in [-0.1, -0.05) is 11.6 Å². The first kappa shape index (κ1) is 12.3. The maximum absolute atomic E-state index is 12.4. The smallest absolute Gasteiger partial charge is 0.230 e. The molecule has 0 amide bonds. The molecule has 0 aliphatic carbocycles. The second-order valence-corrected chi connectivity index (χ2v) is 4.69. The average Bonchev–Trinajstić information content (AvgIpc) is 2.39. The molecule has 5 heteroatoms. The molecule has 0 bridgehead atoms. The quantitative estimate of drug-likeness (QED) is 0.621. The Morgan fingerprint density at radius 3 is 2.65 bits per heavy atom. The molecule has 3 rings (SSSR count). The number of rotatable bonds is 1. The van der Waals surface area contributed by atoms with Crippen molar-refractivity contribution in [3.05, 3.63) is 51.3 Å². The summed E-state index contributed by atoms with van der Waals surface area (Å²) in [5.74, 6) is -1.36. The van der Waals surface area contributed by atoms with Crippen LogP contribution in [0.1, 0.15) is 21.6 Å². The normalized spacial score (nSPS) is 11.1. The van der Waals surface area contributed by atoms with Gasteiger partial charge in [-0.15, -0.1) is 0 Å². The number of carbonyl (C=O) groups is 1. The number of carboxylic acid groups (broad SMARTS) is 1. The maximum Gasteiger partial charge on any atom is 0.230 e. The lowest BCUT2D eigenvalue weighted by atomic mass is 10.1. The summed E-state index contributed by atoms with van der Waals surface area (Å²) in [5, 5.41) is 11.6. The molecule has 2 heterocycles. The van der Waals surface area contributed by atoms with Gasteiger partial charge >= 0.3 is 0 Å². The third-order valence-electron chi connectivity index (χ3n) is 3.23. The Bertz CT molecular complexity index is 924. The second kappa shape index (κ2) is 4.16. The molecule has 0 aliphatic rings. The SMILES string of the molecule is Cc1ccc2oc3nc(C)c(C(=O)[O-])cc3c(=O)c2c1. The Labute approximate surface area is 113 Å². The van der Waals surface area contributed by atoms with Crippen LogP contribution in [0.4, 0.5) is 0 Å². The van der Waals surface area contributed by atoms with Crippen LogP contribution in [-0.4, -0.2) is 11.0 Å². The molecular weight excluding hydrogens is 258 g/mol. The molecule has 0 atom stereocenters. The molecule has 100 valence electrons. The predicted octanol–water partition coefficient (Wildman–Crippen LogP) is 1.32. The van der Waals surface area contributed by atoms with Crippen LogP contribution in [0.15, 0.2) is 33.5 Å². The van der Waals surface area contributed by atoms with E-state index in [0.717, 1.165) is 5.56 Å². The number of hydrogen-bond donors (Lipinski definition) is 0. The Balaban J connectivity index is 2.51. The van der Waals surface area contributed by atoms with E-state index < -0.39 is 5.97 Å². The molecule has 20 heavy (non-hydrogen) atoms. The van der Waals surface area contributed by atoms with Gasteiger partial charge in [0.2, 0.25) is 11.1 Å².